The van der Waals surface area contributed by atoms with Crippen LogP contribution in [0.25, 0.3) is 0 Å². The largest absolute Gasteiger partial charge is 0.476 e. The second-order valence-electron chi connectivity index (χ2n) is 6.50. The number of aromatic nitrogens is 1. The number of nitrogen functional groups attached to an aromatic ring is 1. The van der Waals surface area contributed by atoms with Crippen LogP contribution in [0.3, 0.4) is 0 Å². The van der Waals surface area contributed by atoms with Crippen molar-refractivity contribution in [2.24, 2.45) is 5.92 Å². The lowest BCUT2D eigenvalue weighted by Gasteiger charge is -2.40. The first kappa shape index (κ1) is 14.4. The summed E-state index contributed by atoms with van der Waals surface area (Å²) in [4.78, 5) is 6.88. The van der Waals surface area contributed by atoms with Crippen molar-refractivity contribution in [1.82, 2.24) is 4.98 Å². The number of nitrogens with two attached hydrogens (primary N) is 1. The third-order valence-electron chi connectivity index (χ3n) is 4.50. The predicted molar refractivity (Wildman–Crippen MR) is 83.7 cm³/mol. The van der Waals surface area contributed by atoms with Crippen LogP contribution in [0.5, 0.6) is 5.88 Å². The van der Waals surface area contributed by atoms with Gasteiger partial charge in [-0.25, -0.2) is 0 Å². The molecule has 2 heterocycles. The monoisotopic (exact) mass is 291 g/mol. The van der Waals surface area contributed by atoms with E-state index in [0.29, 0.717) is 17.5 Å². The van der Waals surface area contributed by atoms with E-state index in [1.807, 2.05) is 12.1 Å². The number of rotatable bonds is 5. The molecule has 116 valence electrons. The summed E-state index contributed by atoms with van der Waals surface area (Å²) in [7, 11) is 1.78. The van der Waals surface area contributed by atoms with Crippen LogP contribution in [0.4, 0.5) is 11.5 Å². The highest BCUT2D eigenvalue weighted by atomic mass is 16.5. The number of methoxy groups -OCH3 is 1. The first-order valence-corrected chi connectivity index (χ1v) is 7.79. The number of piperidine rings is 1. The Labute approximate surface area is 126 Å². The molecule has 3 rings (SSSR count). The molecular weight excluding hydrogens is 266 g/mol. The number of pyridine rings is 1. The normalized spacial score (nSPS) is 25.9. The van der Waals surface area contributed by atoms with Crippen molar-refractivity contribution in [3.8, 4) is 5.88 Å². The van der Waals surface area contributed by atoms with E-state index in [1.54, 1.807) is 7.11 Å². The quantitative estimate of drug-likeness (QED) is 0.903. The topological polar surface area (TPSA) is 60.6 Å². The Kier molecular flexibility index (Phi) is 3.93. The first-order valence-electron chi connectivity index (χ1n) is 7.79. The third-order valence-corrected chi connectivity index (χ3v) is 4.50. The molecule has 1 saturated carbocycles. The maximum Gasteiger partial charge on any atom is 0.239 e. The number of anilines is 2. The lowest BCUT2D eigenvalue weighted by molar-refractivity contribution is -0.00483. The van der Waals surface area contributed by atoms with Crippen LogP contribution in [0.1, 0.15) is 32.6 Å². The fraction of sp³-hybridized carbons (Fsp3) is 0.688. The summed E-state index contributed by atoms with van der Waals surface area (Å²) in [6, 6.07) is 3.87. The summed E-state index contributed by atoms with van der Waals surface area (Å²) in [5.41, 5.74) is 6.49. The van der Waals surface area contributed by atoms with Crippen LogP contribution in [0.2, 0.25) is 0 Å². The van der Waals surface area contributed by atoms with Crippen molar-refractivity contribution < 1.29 is 9.47 Å². The van der Waals surface area contributed by atoms with E-state index in [-0.39, 0.29) is 5.60 Å². The van der Waals surface area contributed by atoms with Gasteiger partial charge in [0.15, 0.2) is 0 Å². The molecule has 5 nitrogen and oxygen atoms in total. The second kappa shape index (κ2) is 5.72. The molecule has 1 aromatic rings. The molecule has 2 aliphatic rings. The van der Waals surface area contributed by atoms with Gasteiger partial charge < -0.3 is 20.1 Å². The molecule has 2 fully saturated rings. The molecule has 1 aliphatic heterocycles. The maximum absolute atomic E-state index is 5.97. The van der Waals surface area contributed by atoms with Crippen molar-refractivity contribution in [1.29, 1.82) is 0 Å². The minimum absolute atomic E-state index is 0.101. The molecule has 0 bridgehead atoms. The molecule has 1 aromatic heterocycles. The van der Waals surface area contributed by atoms with Crippen LogP contribution < -0.4 is 15.4 Å². The van der Waals surface area contributed by atoms with Crippen molar-refractivity contribution in [3.05, 3.63) is 12.1 Å². The van der Waals surface area contributed by atoms with E-state index >= 15 is 0 Å². The lowest BCUT2D eigenvalue weighted by atomic mass is 9.95. The summed E-state index contributed by atoms with van der Waals surface area (Å²) in [5.74, 6) is 2.20. The van der Waals surface area contributed by atoms with Gasteiger partial charge in [-0.1, -0.05) is 0 Å². The highest BCUT2D eigenvalue weighted by molar-refractivity contribution is 5.55. The van der Waals surface area contributed by atoms with Gasteiger partial charge >= 0.3 is 0 Å². The van der Waals surface area contributed by atoms with Gasteiger partial charge in [-0.15, -0.1) is 0 Å². The Morgan fingerprint density at radius 3 is 2.95 bits per heavy atom. The molecule has 1 atom stereocenters. The molecular formula is C16H25N3O2. The smallest absolute Gasteiger partial charge is 0.239 e. The van der Waals surface area contributed by atoms with E-state index in [0.717, 1.165) is 38.4 Å². The van der Waals surface area contributed by atoms with Crippen LogP contribution in [-0.4, -0.2) is 37.4 Å². The molecule has 0 radical (unpaired) electrons. The Bertz CT molecular complexity index is 504. The summed E-state index contributed by atoms with van der Waals surface area (Å²) in [5, 5.41) is 0. The fourth-order valence-corrected chi connectivity index (χ4v) is 2.78. The Morgan fingerprint density at radius 1 is 1.43 bits per heavy atom. The summed E-state index contributed by atoms with van der Waals surface area (Å²) < 4.78 is 11.4. The van der Waals surface area contributed by atoms with Crippen molar-refractivity contribution in [2.75, 3.05) is 37.4 Å². The zero-order chi connectivity index (χ0) is 14.9. The molecule has 1 aliphatic carbocycles. The van der Waals surface area contributed by atoms with Crippen LogP contribution in [0.15, 0.2) is 12.1 Å². The van der Waals surface area contributed by atoms with Gasteiger partial charge in [0.2, 0.25) is 5.88 Å². The van der Waals surface area contributed by atoms with Gasteiger partial charge in [-0.05, 0) is 50.7 Å². The average Bonchev–Trinajstić information content (AvgIpc) is 3.31. The molecule has 5 heteroatoms. The van der Waals surface area contributed by atoms with Gasteiger partial charge in [-0.3, -0.25) is 0 Å². The Hall–Kier alpha value is -1.49. The van der Waals surface area contributed by atoms with Crippen molar-refractivity contribution in [2.45, 2.75) is 38.2 Å². The van der Waals surface area contributed by atoms with E-state index < -0.39 is 0 Å². The molecule has 0 spiro atoms. The van der Waals surface area contributed by atoms with Gasteiger partial charge in [-0.2, -0.15) is 4.98 Å². The number of nitrogens with zero attached hydrogens (tertiary/aromatic N) is 2. The van der Waals surface area contributed by atoms with E-state index in [9.17, 15) is 0 Å². The lowest BCUT2D eigenvalue weighted by Crippen LogP contribution is -2.47. The highest BCUT2D eigenvalue weighted by Gasteiger charge is 2.31. The van der Waals surface area contributed by atoms with Gasteiger partial charge in [0.05, 0.1) is 17.9 Å². The average molecular weight is 291 g/mol. The van der Waals surface area contributed by atoms with E-state index in [1.165, 1.54) is 12.8 Å². The minimum Gasteiger partial charge on any atom is -0.476 e. The number of hydrogen-bond acceptors (Lipinski definition) is 5. The predicted octanol–water partition coefficient (Wildman–Crippen LogP) is 2.46. The molecule has 2 N–H and O–H groups in total. The van der Waals surface area contributed by atoms with Crippen LogP contribution >= 0.6 is 0 Å². The fourth-order valence-electron chi connectivity index (χ4n) is 2.78. The van der Waals surface area contributed by atoms with E-state index in [4.69, 9.17) is 15.2 Å². The molecule has 1 unspecified atom stereocenters. The van der Waals surface area contributed by atoms with Crippen LogP contribution in [0, 0.1) is 5.92 Å². The van der Waals surface area contributed by atoms with E-state index in [2.05, 4.69) is 16.8 Å². The van der Waals surface area contributed by atoms with Gasteiger partial charge in [0.1, 0.15) is 5.82 Å². The maximum atomic E-state index is 5.97. The third kappa shape index (κ3) is 3.40. The molecule has 1 saturated heterocycles. The SMILES string of the molecule is COC1(C)CCCN(c2ccc(N)c(OCC3CC3)n2)C1. The molecule has 0 amide bonds. The summed E-state index contributed by atoms with van der Waals surface area (Å²) in [6.45, 7) is 4.73. The van der Waals surface area contributed by atoms with Gasteiger partial charge in [0.25, 0.3) is 0 Å². The Balaban J connectivity index is 1.73. The summed E-state index contributed by atoms with van der Waals surface area (Å²) >= 11 is 0. The zero-order valence-electron chi connectivity index (χ0n) is 13.0. The van der Waals surface area contributed by atoms with Gasteiger partial charge in [0, 0.05) is 20.2 Å². The van der Waals surface area contributed by atoms with Crippen molar-refractivity contribution >= 4 is 11.5 Å². The molecule has 0 aromatic carbocycles. The standard InChI is InChI=1S/C16H25N3O2/c1-16(20-2)8-3-9-19(11-16)14-7-6-13(17)15(18-14)21-10-12-4-5-12/h6-7,12H,3-5,8-11,17H2,1-2H3. The zero-order valence-corrected chi connectivity index (χ0v) is 13.0. The molecule has 21 heavy (non-hydrogen) atoms. The van der Waals surface area contributed by atoms with Crippen LogP contribution in [-0.2, 0) is 4.74 Å². The van der Waals surface area contributed by atoms with Crippen molar-refractivity contribution in [3.63, 3.8) is 0 Å². The number of hydrogen-bond donors (Lipinski definition) is 1. The first-order chi connectivity index (χ1) is 10.1. The number of ether oxygens (including phenoxy) is 2. The minimum atomic E-state index is -0.101. The summed E-state index contributed by atoms with van der Waals surface area (Å²) in [6.07, 6.45) is 4.71. The second-order valence-corrected chi connectivity index (χ2v) is 6.50. The Morgan fingerprint density at radius 2 is 2.24 bits per heavy atom. The highest BCUT2D eigenvalue weighted by Crippen LogP contribution is 2.32.